The molecule has 3 rings (SSSR count). The number of methoxy groups -OCH3 is 1. The highest BCUT2D eigenvalue weighted by atomic mass is 16.5. The third-order valence-corrected chi connectivity index (χ3v) is 4.91. The monoisotopic (exact) mass is 371 g/mol. The molecule has 1 amide bonds. The number of anilines is 1. The van der Waals surface area contributed by atoms with Gasteiger partial charge in [-0.2, -0.15) is 0 Å². The Labute approximate surface area is 160 Å². The predicted octanol–water partition coefficient (Wildman–Crippen LogP) is 2.35. The first-order valence-electron chi connectivity index (χ1n) is 9.67. The van der Waals surface area contributed by atoms with Crippen LogP contribution in [0.4, 0.5) is 5.82 Å². The number of carbonyl (C=O) groups excluding carboxylic acids is 1. The summed E-state index contributed by atoms with van der Waals surface area (Å²) in [6.45, 7) is 7.10. The molecule has 0 spiro atoms. The first-order chi connectivity index (χ1) is 13.1. The van der Waals surface area contributed by atoms with Gasteiger partial charge in [0.05, 0.1) is 30.4 Å². The Kier molecular flexibility index (Phi) is 6.45. The Balaban J connectivity index is 1.57. The first kappa shape index (κ1) is 19.4. The SMILES string of the molecule is CCCNC(=O)CN1CCC(Nc2nc3ccc(OC)cc3nc2C)CC1. The molecule has 0 radical (unpaired) electrons. The van der Waals surface area contributed by atoms with Crippen LogP contribution in [0, 0.1) is 6.92 Å². The van der Waals surface area contributed by atoms with Crippen LogP contribution in [-0.2, 0) is 4.79 Å². The van der Waals surface area contributed by atoms with Crippen molar-refractivity contribution in [2.75, 3.05) is 38.6 Å². The van der Waals surface area contributed by atoms with Crippen LogP contribution in [0.2, 0.25) is 0 Å². The Morgan fingerprint density at radius 2 is 2.04 bits per heavy atom. The van der Waals surface area contributed by atoms with Gasteiger partial charge in [-0.25, -0.2) is 9.97 Å². The van der Waals surface area contributed by atoms with E-state index in [1.165, 1.54) is 0 Å². The lowest BCUT2D eigenvalue weighted by molar-refractivity contribution is -0.122. The molecule has 2 heterocycles. The van der Waals surface area contributed by atoms with Crippen LogP contribution in [0.15, 0.2) is 18.2 Å². The van der Waals surface area contributed by atoms with Gasteiger partial charge >= 0.3 is 0 Å². The Bertz CT molecular complexity index is 787. The summed E-state index contributed by atoms with van der Waals surface area (Å²) in [6, 6.07) is 6.09. The second-order valence-corrected chi connectivity index (χ2v) is 7.06. The molecule has 7 heteroatoms. The van der Waals surface area contributed by atoms with E-state index in [4.69, 9.17) is 9.72 Å². The Morgan fingerprint density at radius 3 is 2.74 bits per heavy atom. The first-order valence-corrected chi connectivity index (χ1v) is 9.67. The standard InChI is InChI=1S/C20H29N5O2/c1-4-9-21-19(26)13-25-10-7-15(8-11-25)23-20-14(2)22-18-12-16(27-3)5-6-17(18)24-20/h5-6,12,15H,4,7-11,13H2,1-3H3,(H,21,26)(H,23,24). The highest BCUT2D eigenvalue weighted by molar-refractivity contribution is 5.78. The molecular formula is C20H29N5O2. The summed E-state index contributed by atoms with van der Waals surface area (Å²) in [5.74, 6) is 1.74. The Hall–Kier alpha value is -2.41. The fraction of sp³-hybridized carbons (Fsp3) is 0.550. The number of carbonyl (C=O) groups is 1. The summed E-state index contributed by atoms with van der Waals surface area (Å²) in [5.41, 5.74) is 2.58. The molecule has 146 valence electrons. The van der Waals surface area contributed by atoms with Gasteiger partial charge in [0.2, 0.25) is 5.91 Å². The lowest BCUT2D eigenvalue weighted by atomic mass is 10.0. The van der Waals surface area contributed by atoms with Crippen molar-refractivity contribution >= 4 is 22.8 Å². The number of piperidine rings is 1. The molecule has 0 saturated carbocycles. The maximum Gasteiger partial charge on any atom is 0.234 e. The van der Waals surface area contributed by atoms with Gasteiger partial charge in [-0.1, -0.05) is 6.92 Å². The molecule has 2 N–H and O–H groups in total. The number of nitrogens with one attached hydrogen (secondary N) is 2. The van der Waals surface area contributed by atoms with E-state index in [9.17, 15) is 4.79 Å². The highest BCUT2D eigenvalue weighted by Crippen LogP contribution is 2.23. The average Bonchev–Trinajstić information content (AvgIpc) is 2.68. The van der Waals surface area contributed by atoms with E-state index >= 15 is 0 Å². The van der Waals surface area contributed by atoms with E-state index in [0.717, 1.165) is 67.2 Å². The van der Waals surface area contributed by atoms with Crippen molar-refractivity contribution < 1.29 is 9.53 Å². The summed E-state index contributed by atoms with van der Waals surface area (Å²) in [6.07, 6.45) is 2.95. The third-order valence-electron chi connectivity index (χ3n) is 4.91. The van der Waals surface area contributed by atoms with Crippen molar-refractivity contribution in [2.24, 2.45) is 0 Å². The number of nitrogens with zero attached hydrogens (tertiary/aromatic N) is 3. The van der Waals surface area contributed by atoms with Crippen molar-refractivity contribution in [3.05, 3.63) is 23.9 Å². The molecule has 1 aromatic carbocycles. The molecule has 0 unspecified atom stereocenters. The molecule has 1 aromatic heterocycles. The summed E-state index contributed by atoms with van der Waals surface area (Å²) in [5, 5.41) is 6.49. The molecule has 1 aliphatic rings. The van der Waals surface area contributed by atoms with E-state index in [-0.39, 0.29) is 5.91 Å². The largest absolute Gasteiger partial charge is 0.497 e. The molecular weight excluding hydrogens is 342 g/mol. The van der Waals surface area contributed by atoms with E-state index in [1.54, 1.807) is 7.11 Å². The van der Waals surface area contributed by atoms with Crippen LogP contribution in [-0.4, -0.2) is 60.1 Å². The summed E-state index contributed by atoms with van der Waals surface area (Å²) in [7, 11) is 1.65. The van der Waals surface area contributed by atoms with Crippen LogP contribution >= 0.6 is 0 Å². The van der Waals surface area contributed by atoms with E-state index in [2.05, 4.69) is 27.4 Å². The van der Waals surface area contributed by atoms with Gasteiger partial charge in [0.1, 0.15) is 11.6 Å². The van der Waals surface area contributed by atoms with Gasteiger partial charge in [0, 0.05) is 31.7 Å². The minimum atomic E-state index is 0.120. The average molecular weight is 371 g/mol. The van der Waals surface area contributed by atoms with Crippen molar-refractivity contribution in [2.45, 2.75) is 39.2 Å². The molecule has 27 heavy (non-hydrogen) atoms. The number of aromatic nitrogens is 2. The zero-order valence-corrected chi connectivity index (χ0v) is 16.4. The van der Waals surface area contributed by atoms with E-state index in [1.807, 2.05) is 25.1 Å². The quantitative estimate of drug-likeness (QED) is 0.778. The lowest BCUT2D eigenvalue weighted by Crippen LogP contribution is -2.44. The fourth-order valence-corrected chi connectivity index (χ4v) is 3.34. The summed E-state index contributed by atoms with van der Waals surface area (Å²) >= 11 is 0. The van der Waals surface area contributed by atoms with Crippen molar-refractivity contribution in [1.82, 2.24) is 20.2 Å². The lowest BCUT2D eigenvalue weighted by Gasteiger charge is -2.32. The smallest absolute Gasteiger partial charge is 0.234 e. The number of hydrogen-bond donors (Lipinski definition) is 2. The number of aryl methyl sites for hydroxylation is 1. The second kappa shape index (κ2) is 8.99. The van der Waals surface area contributed by atoms with E-state index < -0.39 is 0 Å². The topological polar surface area (TPSA) is 79.4 Å². The number of rotatable bonds is 7. The second-order valence-electron chi connectivity index (χ2n) is 7.06. The van der Waals surface area contributed by atoms with Crippen LogP contribution in [0.25, 0.3) is 11.0 Å². The van der Waals surface area contributed by atoms with Crippen LogP contribution in [0.3, 0.4) is 0 Å². The maximum atomic E-state index is 11.9. The molecule has 1 saturated heterocycles. The zero-order chi connectivity index (χ0) is 19.2. The van der Waals surface area contributed by atoms with Crippen molar-refractivity contribution in [1.29, 1.82) is 0 Å². The van der Waals surface area contributed by atoms with E-state index in [0.29, 0.717) is 12.6 Å². The minimum Gasteiger partial charge on any atom is -0.497 e. The molecule has 0 atom stereocenters. The van der Waals surface area contributed by atoms with Crippen molar-refractivity contribution in [3.63, 3.8) is 0 Å². The van der Waals surface area contributed by atoms with Crippen LogP contribution in [0.1, 0.15) is 31.9 Å². The number of fused-ring (bicyclic) bond motifs is 1. The zero-order valence-electron chi connectivity index (χ0n) is 16.4. The van der Waals surface area contributed by atoms with Gasteiger partial charge in [-0.3, -0.25) is 9.69 Å². The summed E-state index contributed by atoms with van der Waals surface area (Å²) in [4.78, 5) is 23.5. The molecule has 7 nitrogen and oxygen atoms in total. The van der Waals surface area contributed by atoms with Gasteiger partial charge in [0.25, 0.3) is 0 Å². The highest BCUT2D eigenvalue weighted by Gasteiger charge is 2.21. The van der Waals surface area contributed by atoms with Crippen LogP contribution in [0.5, 0.6) is 5.75 Å². The number of benzene rings is 1. The summed E-state index contributed by atoms with van der Waals surface area (Å²) < 4.78 is 5.26. The Morgan fingerprint density at radius 1 is 1.26 bits per heavy atom. The fourth-order valence-electron chi connectivity index (χ4n) is 3.34. The van der Waals surface area contributed by atoms with Gasteiger partial charge in [-0.05, 0) is 38.3 Å². The molecule has 1 fully saturated rings. The normalized spacial score (nSPS) is 15.7. The predicted molar refractivity (Wildman–Crippen MR) is 107 cm³/mol. The number of hydrogen-bond acceptors (Lipinski definition) is 6. The maximum absolute atomic E-state index is 11.9. The van der Waals surface area contributed by atoms with Crippen molar-refractivity contribution in [3.8, 4) is 5.75 Å². The number of ether oxygens (including phenoxy) is 1. The molecule has 1 aliphatic heterocycles. The molecule has 2 aromatic rings. The number of amides is 1. The van der Waals surface area contributed by atoms with Gasteiger partial charge in [-0.15, -0.1) is 0 Å². The minimum absolute atomic E-state index is 0.120. The van der Waals surface area contributed by atoms with Crippen LogP contribution < -0.4 is 15.4 Å². The third kappa shape index (κ3) is 5.07. The van der Waals surface area contributed by atoms with Gasteiger partial charge in [0.15, 0.2) is 0 Å². The number of likely N-dealkylation sites (tertiary alicyclic amines) is 1. The molecule has 0 aliphatic carbocycles. The molecule has 0 bridgehead atoms. The van der Waals surface area contributed by atoms with Gasteiger partial charge < -0.3 is 15.4 Å².